The van der Waals surface area contributed by atoms with Crippen LogP contribution in [0.15, 0.2) is 30.3 Å². The molecular weight excluding hydrogens is 334 g/mol. The van der Waals surface area contributed by atoms with Gasteiger partial charge in [-0.3, -0.25) is 4.79 Å². The summed E-state index contributed by atoms with van der Waals surface area (Å²) in [5, 5.41) is 2.76. The van der Waals surface area contributed by atoms with Gasteiger partial charge in [0.15, 0.2) is 0 Å². The largest absolute Gasteiger partial charge is 0.467 e. The number of hydrogen-bond acceptors (Lipinski definition) is 3. The van der Waals surface area contributed by atoms with Crippen molar-refractivity contribution in [2.75, 3.05) is 7.11 Å². The van der Waals surface area contributed by atoms with Crippen molar-refractivity contribution in [1.82, 2.24) is 5.32 Å². The van der Waals surface area contributed by atoms with Gasteiger partial charge >= 0.3 is 5.97 Å². The summed E-state index contributed by atoms with van der Waals surface area (Å²) in [5.74, 6) is -0.316. The summed E-state index contributed by atoms with van der Waals surface area (Å²) in [6, 6.07) is 9.13. The molecule has 0 aliphatic heterocycles. The number of alkyl halides is 1. The van der Waals surface area contributed by atoms with Gasteiger partial charge in [-0.1, -0.05) is 60.1 Å². The number of methoxy groups -OCH3 is 1. The van der Waals surface area contributed by atoms with Crippen molar-refractivity contribution in [3.63, 3.8) is 0 Å². The highest BCUT2D eigenvalue weighted by Crippen LogP contribution is 2.12. The van der Waals surface area contributed by atoms with E-state index in [0.717, 1.165) is 5.56 Å². The van der Waals surface area contributed by atoms with Crippen molar-refractivity contribution < 1.29 is 14.3 Å². The van der Waals surface area contributed by atoms with E-state index in [1.165, 1.54) is 7.11 Å². The van der Waals surface area contributed by atoms with Gasteiger partial charge in [0.25, 0.3) is 0 Å². The van der Waals surface area contributed by atoms with Crippen LogP contribution in [0.2, 0.25) is 0 Å². The van der Waals surface area contributed by atoms with Crippen LogP contribution in [-0.2, 0) is 20.7 Å². The first-order valence-electron chi connectivity index (χ1n) is 7.00. The van der Waals surface area contributed by atoms with Gasteiger partial charge in [-0.2, -0.15) is 0 Å². The minimum atomic E-state index is -0.599. The standard InChI is InChI=1S/C16H22BrNO3/c1-11(2)9-14(16(20)21-3)18-15(19)13(17)10-12-7-5-4-6-8-12/h4-8,11,13-14H,9-10H2,1-3H3,(H,18,19)/t13-,14+/m1/s1. The van der Waals surface area contributed by atoms with Gasteiger partial charge in [0, 0.05) is 0 Å². The number of esters is 1. The van der Waals surface area contributed by atoms with E-state index in [9.17, 15) is 9.59 Å². The number of ether oxygens (including phenoxy) is 1. The minimum absolute atomic E-state index is 0.199. The van der Waals surface area contributed by atoms with Gasteiger partial charge in [-0.15, -0.1) is 0 Å². The second kappa shape index (κ2) is 8.82. The Labute approximate surface area is 134 Å². The maximum Gasteiger partial charge on any atom is 0.328 e. The zero-order valence-corrected chi connectivity index (χ0v) is 14.2. The number of amides is 1. The average Bonchev–Trinajstić information content (AvgIpc) is 2.46. The van der Waals surface area contributed by atoms with E-state index >= 15 is 0 Å². The van der Waals surface area contributed by atoms with E-state index in [4.69, 9.17) is 4.74 Å². The third-order valence-corrected chi connectivity index (χ3v) is 3.79. The first kappa shape index (κ1) is 17.7. The lowest BCUT2D eigenvalue weighted by Gasteiger charge is -2.20. The predicted molar refractivity (Wildman–Crippen MR) is 86.3 cm³/mol. The normalized spacial score (nSPS) is 13.6. The number of benzene rings is 1. The Hall–Kier alpha value is -1.36. The lowest BCUT2D eigenvalue weighted by Crippen LogP contribution is -2.45. The van der Waals surface area contributed by atoms with Crippen molar-refractivity contribution in [3.8, 4) is 0 Å². The third kappa shape index (κ3) is 6.29. The number of rotatable bonds is 7. The molecule has 0 radical (unpaired) electrons. The highest BCUT2D eigenvalue weighted by atomic mass is 79.9. The van der Waals surface area contributed by atoms with Gasteiger partial charge in [0.1, 0.15) is 6.04 Å². The fourth-order valence-electron chi connectivity index (χ4n) is 2.00. The summed E-state index contributed by atoms with van der Waals surface area (Å²) in [4.78, 5) is 23.5. The smallest absolute Gasteiger partial charge is 0.328 e. The maximum atomic E-state index is 12.2. The third-order valence-electron chi connectivity index (χ3n) is 3.05. The van der Waals surface area contributed by atoms with E-state index in [1.807, 2.05) is 44.2 Å². The van der Waals surface area contributed by atoms with Crippen molar-refractivity contribution in [2.45, 2.75) is 37.6 Å². The molecule has 0 aliphatic carbocycles. The Kier molecular flexibility index (Phi) is 7.43. The summed E-state index contributed by atoms with van der Waals surface area (Å²) in [7, 11) is 1.33. The lowest BCUT2D eigenvalue weighted by molar-refractivity contribution is -0.145. The molecule has 0 spiro atoms. The first-order valence-corrected chi connectivity index (χ1v) is 7.91. The van der Waals surface area contributed by atoms with Gasteiger partial charge < -0.3 is 10.1 Å². The summed E-state index contributed by atoms with van der Waals surface area (Å²) >= 11 is 3.38. The van der Waals surface area contributed by atoms with E-state index < -0.39 is 12.0 Å². The molecule has 1 N–H and O–H groups in total. The molecule has 1 aromatic rings. The topological polar surface area (TPSA) is 55.4 Å². The maximum absolute atomic E-state index is 12.2. The lowest BCUT2D eigenvalue weighted by atomic mass is 10.0. The highest BCUT2D eigenvalue weighted by Gasteiger charge is 2.25. The van der Waals surface area contributed by atoms with Crippen molar-refractivity contribution >= 4 is 27.8 Å². The monoisotopic (exact) mass is 355 g/mol. The fourth-order valence-corrected chi connectivity index (χ4v) is 2.51. The van der Waals surface area contributed by atoms with E-state index in [1.54, 1.807) is 0 Å². The molecule has 0 saturated heterocycles. The molecule has 1 aromatic carbocycles. The van der Waals surface area contributed by atoms with Gasteiger partial charge in [0.2, 0.25) is 5.91 Å². The summed E-state index contributed by atoms with van der Waals surface area (Å²) < 4.78 is 4.74. The predicted octanol–water partition coefficient (Wildman–Crippen LogP) is 2.70. The Balaban J connectivity index is 2.61. The molecule has 0 heterocycles. The molecule has 1 amide bonds. The van der Waals surface area contributed by atoms with Crippen molar-refractivity contribution in [1.29, 1.82) is 0 Å². The molecule has 0 fully saturated rings. The molecule has 116 valence electrons. The van der Waals surface area contributed by atoms with Gasteiger partial charge in [-0.05, 0) is 24.3 Å². The number of carbonyl (C=O) groups is 2. The molecule has 0 bridgehead atoms. The Bertz CT molecular complexity index is 462. The minimum Gasteiger partial charge on any atom is -0.467 e. The molecule has 0 saturated carbocycles. The van der Waals surface area contributed by atoms with Crippen molar-refractivity contribution in [3.05, 3.63) is 35.9 Å². The SMILES string of the molecule is COC(=O)[C@H](CC(C)C)NC(=O)[C@H](Br)Cc1ccccc1. The summed E-state index contributed by atoms with van der Waals surface area (Å²) in [6.07, 6.45) is 1.13. The van der Waals surface area contributed by atoms with Gasteiger partial charge in [0.05, 0.1) is 11.9 Å². The van der Waals surface area contributed by atoms with Crippen LogP contribution in [-0.4, -0.2) is 29.9 Å². The molecule has 0 unspecified atom stereocenters. The summed E-state index contributed by atoms with van der Waals surface area (Å²) in [6.45, 7) is 4.00. The fraction of sp³-hybridized carbons (Fsp3) is 0.500. The molecule has 21 heavy (non-hydrogen) atoms. The Morgan fingerprint density at radius 2 is 1.86 bits per heavy atom. The highest BCUT2D eigenvalue weighted by molar-refractivity contribution is 9.10. The van der Waals surface area contributed by atoms with Crippen LogP contribution in [0.25, 0.3) is 0 Å². The molecule has 0 aliphatic rings. The van der Waals surface area contributed by atoms with Crippen LogP contribution in [0.4, 0.5) is 0 Å². The van der Waals surface area contributed by atoms with Crippen LogP contribution in [0.1, 0.15) is 25.8 Å². The first-order chi connectivity index (χ1) is 9.93. The van der Waals surface area contributed by atoms with Crippen LogP contribution >= 0.6 is 15.9 Å². The molecule has 0 aromatic heterocycles. The van der Waals surface area contributed by atoms with Crippen LogP contribution in [0, 0.1) is 5.92 Å². The Morgan fingerprint density at radius 3 is 2.38 bits per heavy atom. The van der Waals surface area contributed by atoms with E-state index in [-0.39, 0.29) is 16.7 Å². The van der Waals surface area contributed by atoms with E-state index in [0.29, 0.717) is 12.8 Å². The number of hydrogen-bond donors (Lipinski definition) is 1. The molecule has 4 nitrogen and oxygen atoms in total. The Morgan fingerprint density at radius 1 is 1.24 bits per heavy atom. The molecule has 5 heteroatoms. The molecular formula is C16H22BrNO3. The zero-order chi connectivity index (χ0) is 15.8. The molecule has 2 atom stereocenters. The van der Waals surface area contributed by atoms with E-state index in [2.05, 4.69) is 21.2 Å². The van der Waals surface area contributed by atoms with Gasteiger partial charge in [-0.25, -0.2) is 4.79 Å². The summed E-state index contributed by atoms with van der Waals surface area (Å²) in [5.41, 5.74) is 1.06. The van der Waals surface area contributed by atoms with Crippen LogP contribution in [0.3, 0.4) is 0 Å². The molecule has 1 rings (SSSR count). The van der Waals surface area contributed by atoms with Crippen molar-refractivity contribution in [2.24, 2.45) is 5.92 Å². The quantitative estimate of drug-likeness (QED) is 0.604. The van der Waals surface area contributed by atoms with Crippen LogP contribution in [0.5, 0.6) is 0 Å². The number of nitrogens with one attached hydrogen (secondary N) is 1. The van der Waals surface area contributed by atoms with Crippen LogP contribution < -0.4 is 5.32 Å². The number of halogens is 1. The number of carbonyl (C=O) groups excluding carboxylic acids is 2. The zero-order valence-electron chi connectivity index (χ0n) is 12.6. The second-order valence-electron chi connectivity index (χ2n) is 5.37. The second-order valence-corrected chi connectivity index (χ2v) is 6.48. The average molecular weight is 356 g/mol.